The van der Waals surface area contributed by atoms with Gasteiger partial charge in [0.25, 0.3) is 5.89 Å². The molecule has 6 heteroatoms. The first-order valence-electron chi connectivity index (χ1n) is 8.38. The van der Waals surface area contributed by atoms with Gasteiger partial charge in [-0.1, -0.05) is 30.9 Å². The molecule has 0 saturated heterocycles. The van der Waals surface area contributed by atoms with Crippen molar-refractivity contribution in [3.8, 4) is 11.7 Å². The molecule has 0 unspecified atom stereocenters. The van der Waals surface area contributed by atoms with E-state index >= 15 is 0 Å². The fraction of sp³-hybridized carbons (Fsp3) is 0.190. The topological polar surface area (TPSA) is 78.4 Å². The van der Waals surface area contributed by atoms with Crippen LogP contribution in [0.1, 0.15) is 23.9 Å². The van der Waals surface area contributed by atoms with Gasteiger partial charge in [-0.25, -0.2) is 4.79 Å². The molecule has 0 fully saturated rings. The van der Waals surface area contributed by atoms with Crippen LogP contribution >= 0.6 is 0 Å². The quantitative estimate of drug-likeness (QED) is 0.368. The van der Waals surface area contributed by atoms with Crippen molar-refractivity contribution in [1.29, 1.82) is 0 Å². The maximum Gasteiger partial charge on any atom is 0.333 e. The third-order valence-corrected chi connectivity index (χ3v) is 4.22. The third kappa shape index (κ3) is 3.60. The van der Waals surface area contributed by atoms with Gasteiger partial charge in [-0.05, 0) is 44.0 Å². The smallest absolute Gasteiger partial charge is 0.333 e. The number of rotatable bonds is 5. The van der Waals surface area contributed by atoms with E-state index in [0.29, 0.717) is 16.9 Å². The lowest BCUT2D eigenvalue weighted by molar-refractivity contribution is -0.136. The summed E-state index contributed by atoms with van der Waals surface area (Å²) in [4.78, 5) is 11.5. The zero-order valence-corrected chi connectivity index (χ0v) is 15.7. The predicted molar refractivity (Wildman–Crippen MR) is 103 cm³/mol. The first kappa shape index (κ1) is 18.4. The Labute approximate surface area is 156 Å². The molecule has 3 rings (SSSR count). The van der Waals surface area contributed by atoms with Crippen LogP contribution in [-0.4, -0.2) is 23.3 Å². The lowest BCUT2D eigenvalue weighted by Crippen LogP contribution is -2.00. The van der Waals surface area contributed by atoms with E-state index in [9.17, 15) is 4.79 Å². The molecule has 0 saturated carbocycles. The first-order valence-corrected chi connectivity index (χ1v) is 8.38. The van der Waals surface area contributed by atoms with E-state index in [4.69, 9.17) is 8.83 Å². The van der Waals surface area contributed by atoms with Crippen LogP contribution in [0.2, 0.25) is 0 Å². The van der Waals surface area contributed by atoms with Gasteiger partial charge in [0.05, 0.1) is 7.11 Å². The molecule has 6 nitrogen and oxygen atoms in total. The molecular formula is C21H20N2O4. The third-order valence-electron chi connectivity index (χ3n) is 4.22. The SMILES string of the molecule is C=C/C(=C\C=C(/C)C(=O)OC)c1nnc(-c2cc3c(C)ccc(C)c3o2)o1. The summed E-state index contributed by atoms with van der Waals surface area (Å²) < 4.78 is 16.3. The molecule has 0 aliphatic rings. The van der Waals surface area contributed by atoms with Crippen LogP contribution in [0.4, 0.5) is 0 Å². The maximum absolute atomic E-state index is 11.5. The van der Waals surface area contributed by atoms with Crippen LogP contribution in [0.15, 0.2) is 57.4 Å². The van der Waals surface area contributed by atoms with Crippen molar-refractivity contribution < 1.29 is 18.4 Å². The van der Waals surface area contributed by atoms with E-state index < -0.39 is 5.97 Å². The van der Waals surface area contributed by atoms with Crippen molar-refractivity contribution in [2.45, 2.75) is 20.8 Å². The Bertz CT molecular complexity index is 1040. The highest BCUT2D eigenvalue weighted by Crippen LogP contribution is 2.31. The van der Waals surface area contributed by atoms with Gasteiger partial charge < -0.3 is 13.6 Å². The van der Waals surface area contributed by atoms with E-state index in [1.54, 1.807) is 25.2 Å². The molecule has 0 bridgehead atoms. The Morgan fingerprint density at radius 1 is 1.15 bits per heavy atom. The average molecular weight is 364 g/mol. The van der Waals surface area contributed by atoms with Gasteiger partial charge in [0.1, 0.15) is 5.58 Å². The van der Waals surface area contributed by atoms with Gasteiger partial charge in [0.15, 0.2) is 5.76 Å². The number of nitrogens with zero attached hydrogens (tertiary/aromatic N) is 2. The van der Waals surface area contributed by atoms with Crippen molar-refractivity contribution >= 4 is 22.5 Å². The van der Waals surface area contributed by atoms with Gasteiger partial charge in [-0.3, -0.25) is 0 Å². The van der Waals surface area contributed by atoms with Crippen molar-refractivity contribution in [2.24, 2.45) is 0 Å². The van der Waals surface area contributed by atoms with Gasteiger partial charge in [-0.2, -0.15) is 0 Å². The molecule has 0 amide bonds. The lowest BCUT2D eigenvalue weighted by Gasteiger charge is -1.97. The fourth-order valence-electron chi connectivity index (χ4n) is 2.61. The minimum Gasteiger partial charge on any atom is -0.466 e. The second-order valence-corrected chi connectivity index (χ2v) is 6.13. The van der Waals surface area contributed by atoms with E-state index in [0.717, 1.165) is 22.1 Å². The highest BCUT2D eigenvalue weighted by molar-refractivity contribution is 5.89. The molecule has 2 heterocycles. The van der Waals surface area contributed by atoms with Gasteiger partial charge in [-0.15, -0.1) is 10.2 Å². The number of hydrogen-bond acceptors (Lipinski definition) is 6. The largest absolute Gasteiger partial charge is 0.466 e. The molecular weight excluding hydrogens is 344 g/mol. The van der Waals surface area contributed by atoms with Crippen LogP contribution in [0.3, 0.4) is 0 Å². The van der Waals surface area contributed by atoms with Crippen LogP contribution in [-0.2, 0) is 9.53 Å². The van der Waals surface area contributed by atoms with Crippen LogP contribution < -0.4 is 0 Å². The van der Waals surface area contributed by atoms with Gasteiger partial charge in [0.2, 0.25) is 5.89 Å². The second-order valence-electron chi connectivity index (χ2n) is 6.13. The van der Waals surface area contributed by atoms with Crippen LogP contribution in [0, 0.1) is 13.8 Å². The number of carbonyl (C=O) groups excluding carboxylic acids is 1. The van der Waals surface area contributed by atoms with Crippen molar-refractivity contribution in [2.75, 3.05) is 7.11 Å². The van der Waals surface area contributed by atoms with Crippen molar-refractivity contribution in [3.05, 3.63) is 65.6 Å². The zero-order valence-electron chi connectivity index (χ0n) is 15.7. The first-order chi connectivity index (χ1) is 12.9. The van der Waals surface area contributed by atoms with E-state index in [-0.39, 0.29) is 11.8 Å². The number of aryl methyl sites for hydroxylation is 2. The number of methoxy groups -OCH3 is 1. The number of ether oxygens (including phenoxy) is 1. The summed E-state index contributed by atoms with van der Waals surface area (Å²) in [7, 11) is 1.33. The Morgan fingerprint density at radius 3 is 2.56 bits per heavy atom. The Hall–Kier alpha value is -3.41. The van der Waals surface area contributed by atoms with Crippen molar-refractivity contribution in [3.63, 3.8) is 0 Å². The van der Waals surface area contributed by atoms with E-state index in [1.165, 1.54) is 7.11 Å². The molecule has 1 aromatic carbocycles. The molecule has 0 atom stereocenters. The number of benzene rings is 1. The number of furan rings is 1. The Balaban J connectivity index is 1.96. The molecule has 138 valence electrons. The second kappa shape index (κ2) is 7.45. The zero-order chi connectivity index (χ0) is 19.6. The monoisotopic (exact) mass is 364 g/mol. The molecule has 0 aliphatic heterocycles. The summed E-state index contributed by atoms with van der Waals surface area (Å²) in [5.74, 6) is 0.656. The number of aromatic nitrogens is 2. The number of carbonyl (C=O) groups is 1. The summed E-state index contributed by atoms with van der Waals surface area (Å²) in [6.07, 6.45) is 4.86. The highest BCUT2D eigenvalue weighted by Gasteiger charge is 2.16. The summed E-state index contributed by atoms with van der Waals surface area (Å²) in [5, 5.41) is 9.15. The number of fused-ring (bicyclic) bond motifs is 1. The standard InChI is InChI=1S/C21H20N2O4/c1-6-15(10-9-14(4)21(24)25-5)19-22-23-20(27-19)17-11-16-12(2)7-8-13(3)18(16)26-17/h6-11H,1H2,2-5H3/b14-9+,15-10+. The van der Waals surface area contributed by atoms with E-state index in [1.807, 2.05) is 32.0 Å². The molecule has 0 aliphatic carbocycles. The lowest BCUT2D eigenvalue weighted by atomic mass is 10.1. The average Bonchev–Trinajstić information content (AvgIpc) is 3.32. The maximum atomic E-state index is 11.5. The summed E-state index contributed by atoms with van der Waals surface area (Å²) in [6, 6.07) is 5.96. The van der Waals surface area contributed by atoms with Crippen LogP contribution in [0.25, 0.3) is 28.2 Å². The molecule has 0 radical (unpaired) electrons. The minimum atomic E-state index is -0.408. The predicted octanol–water partition coefficient (Wildman–Crippen LogP) is 4.79. The van der Waals surface area contributed by atoms with E-state index in [2.05, 4.69) is 21.5 Å². The molecule has 2 aromatic heterocycles. The minimum absolute atomic E-state index is 0.279. The number of hydrogen-bond donors (Lipinski definition) is 0. The Kier molecular flexibility index (Phi) is 5.07. The normalized spacial score (nSPS) is 12.4. The number of esters is 1. The van der Waals surface area contributed by atoms with Gasteiger partial charge >= 0.3 is 5.97 Å². The van der Waals surface area contributed by atoms with Crippen LogP contribution in [0.5, 0.6) is 0 Å². The molecule has 0 N–H and O–H groups in total. The summed E-state index contributed by atoms with van der Waals surface area (Å²) in [6.45, 7) is 9.42. The molecule has 3 aromatic rings. The molecule has 0 spiro atoms. The van der Waals surface area contributed by atoms with Crippen molar-refractivity contribution in [1.82, 2.24) is 10.2 Å². The molecule has 27 heavy (non-hydrogen) atoms. The van der Waals surface area contributed by atoms with Gasteiger partial charge in [0, 0.05) is 16.5 Å². The highest BCUT2D eigenvalue weighted by atomic mass is 16.5. The summed E-state index contributed by atoms with van der Waals surface area (Å²) >= 11 is 0. The summed E-state index contributed by atoms with van der Waals surface area (Å²) in [5.41, 5.74) is 3.98. The fourth-order valence-corrected chi connectivity index (χ4v) is 2.61. The Morgan fingerprint density at radius 2 is 1.89 bits per heavy atom. The number of allylic oxidation sites excluding steroid dienone is 4.